The van der Waals surface area contributed by atoms with Crippen molar-refractivity contribution >= 4 is 32.9 Å². The van der Waals surface area contributed by atoms with Gasteiger partial charge in [0.15, 0.2) is 11.5 Å². The lowest BCUT2D eigenvalue weighted by molar-refractivity contribution is 0.713. The van der Waals surface area contributed by atoms with E-state index >= 15 is 0 Å². The minimum Gasteiger partial charge on any atom is -0.383 e. The second-order valence-corrected chi connectivity index (χ2v) is 7.52. The lowest BCUT2D eigenvalue weighted by Gasteiger charge is -2.12. The van der Waals surface area contributed by atoms with Crippen LogP contribution in [0.3, 0.4) is 0 Å². The number of nitrogens with two attached hydrogens (primary N) is 2. The largest absolute Gasteiger partial charge is 0.383 e. The number of nitrogens with zero attached hydrogens (tertiary/aromatic N) is 4. The molecular weight excluding hydrogens is 404 g/mol. The maximum Gasteiger partial charge on any atom is 0.166 e. The van der Waals surface area contributed by atoms with Gasteiger partial charge in [0.05, 0.1) is 5.56 Å². The summed E-state index contributed by atoms with van der Waals surface area (Å²) in [6.45, 7) is 0. The zero-order valence-corrected chi connectivity index (χ0v) is 16.0. The number of rotatable bonds is 2. The third-order valence-corrected chi connectivity index (χ3v) is 5.50. The second-order valence-electron chi connectivity index (χ2n) is 6.71. The second kappa shape index (κ2) is 6.14. The highest BCUT2D eigenvalue weighted by atomic mass is 79.9. The number of fused-ring (bicyclic) bond motifs is 2. The predicted molar refractivity (Wildman–Crippen MR) is 109 cm³/mol. The highest BCUT2D eigenvalue weighted by Gasteiger charge is 2.22. The Morgan fingerprint density at radius 3 is 2.85 bits per heavy atom. The predicted octanol–water partition coefficient (Wildman–Crippen LogP) is 3.77. The summed E-state index contributed by atoms with van der Waals surface area (Å²) < 4.78 is 2.79. The van der Waals surface area contributed by atoms with Crippen molar-refractivity contribution in [2.75, 3.05) is 5.73 Å². The molecular formula is C20H17BrN6. The van der Waals surface area contributed by atoms with Crippen LogP contribution in [0, 0.1) is 0 Å². The number of aryl methyl sites for hydroxylation is 1. The van der Waals surface area contributed by atoms with E-state index in [1.54, 1.807) is 6.20 Å². The molecule has 4 aromatic rings. The normalized spacial score (nSPS) is 16.0. The fourth-order valence-electron chi connectivity index (χ4n) is 3.74. The van der Waals surface area contributed by atoms with Crippen molar-refractivity contribution in [2.45, 2.75) is 18.9 Å². The van der Waals surface area contributed by atoms with Gasteiger partial charge in [-0.3, -0.25) is 4.57 Å². The fraction of sp³-hybridized carbons (Fsp3) is 0.150. The number of pyridine rings is 2. The van der Waals surface area contributed by atoms with Crippen LogP contribution in [0.25, 0.3) is 28.2 Å². The molecule has 0 saturated heterocycles. The molecule has 3 heterocycles. The van der Waals surface area contributed by atoms with Gasteiger partial charge in [0.2, 0.25) is 0 Å². The lowest BCUT2D eigenvalue weighted by Crippen LogP contribution is -2.06. The molecule has 0 bridgehead atoms. The molecule has 1 unspecified atom stereocenters. The van der Waals surface area contributed by atoms with E-state index in [0.29, 0.717) is 5.82 Å². The van der Waals surface area contributed by atoms with Crippen molar-refractivity contribution in [3.8, 4) is 17.1 Å². The third-order valence-electron chi connectivity index (χ3n) is 5.06. The number of imidazole rings is 1. The zero-order valence-electron chi connectivity index (χ0n) is 14.4. The Kier molecular flexibility index (Phi) is 3.73. The first kappa shape index (κ1) is 16.4. The molecule has 7 heteroatoms. The summed E-state index contributed by atoms with van der Waals surface area (Å²) in [6, 6.07) is 14.1. The van der Waals surface area contributed by atoms with Crippen LogP contribution in [0.4, 0.5) is 5.82 Å². The Morgan fingerprint density at radius 1 is 1.11 bits per heavy atom. The highest BCUT2D eigenvalue weighted by molar-refractivity contribution is 9.10. The summed E-state index contributed by atoms with van der Waals surface area (Å²) >= 11 is 3.47. The van der Waals surface area contributed by atoms with Crippen molar-refractivity contribution in [3.63, 3.8) is 0 Å². The fourth-order valence-corrected chi connectivity index (χ4v) is 4.04. The quantitative estimate of drug-likeness (QED) is 0.481. The smallest absolute Gasteiger partial charge is 0.166 e. The molecule has 27 heavy (non-hydrogen) atoms. The Hall–Kier alpha value is -2.77. The summed E-state index contributed by atoms with van der Waals surface area (Å²) in [7, 11) is 0. The van der Waals surface area contributed by atoms with Crippen molar-refractivity contribution in [1.29, 1.82) is 0 Å². The summed E-state index contributed by atoms with van der Waals surface area (Å²) in [4.78, 5) is 13.7. The van der Waals surface area contributed by atoms with E-state index in [9.17, 15) is 0 Å². The van der Waals surface area contributed by atoms with E-state index in [1.165, 1.54) is 11.1 Å². The first-order valence-corrected chi connectivity index (χ1v) is 9.56. The summed E-state index contributed by atoms with van der Waals surface area (Å²) in [5.74, 6) is 1.17. The van der Waals surface area contributed by atoms with Crippen LogP contribution >= 0.6 is 15.9 Å². The van der Waals surface area contributed by atoms with Crippen LogP contribution in [-0.2, 0) is 6.42 Å². The molecule has 1 aliphatic carbocycles. The number of nitrogen functional groups attached to an aromatic ring is 1. The molecule has 5 rings (SSSR count). The molecule has 0 spiro atoms. The minimum absolute atomic E-state index is 0.120. The van der Waals surface area contributed by atoms with Crippen LogP contribution in [-0.4, -0.2) is 19.5 Å². The SMILES string of the molecule is Nc1ncccc1-c1nc2ccc(Br)nc2n1-c1ccc2c(c1)CCC2N. The Balaban J connectivity index is 1.81. The molecule has 0 fully saturated rings. The molecule has 6 nitrogen and oxygen atoms in total. The molecule has 0 saturated carbocycles. The van der Waals surface area contributed by atoms with Crippen molar-refractivity contribution < 1.29 is 0 Å². The monoisotopic (exact) mass is 420 g/mol. The maximum absolute atomic E-state index is 6.20. The summed E-state index contributed by atoms with van der Waals surface area (Å²) in [6.07, 6.45) is 3.64. The lowest BCUT2D eigenvalue weighted by atomic mass is 10.1. The van der Waals surface area contributed by atoms with Crippen LogP contribution < -0.4 is 11.5 Å². The summed E-state index contributed by atoms with van der Waals surface area (Å²) in [5.41, 5.74) is 18.2. The first-order chi connectivity index (χ1) is 13.1. The van der Waals surface area contributed by atoms with Gasteiger partial charge in [-0.2, -0.15) is 0 Å². The Bertz CT molecular complexity index is 1180. The average Bonchev–Trinajstić information content (AvgIpc) is 3.22. The third kappa shape index (κ3) is 2.62. The topological polar surface area (TPSA) is 95.6 Å². The van der Waals surface area contributed by atoms with Gasteiger partial charge in [-0.05, 0) is 76.3 Å². The van der Waals surface area contributed by atoms with Gasteiger partial charge < -0.3 is 11.5 Å². The molecule has 134 valence electrons. The zero-order chi connectivity index (χ0) is 18.5. The number of halogens is 1. The molecule has 1 atom stereocenters. The molecule has 0 amide bonds. The van der Waals surface area contributed by atoms with Crippen LogP contribution in [0.15, 0.2) is 53.3 Å². The average molecular weight is 421 g/mol. The first-order valence-electron chi connectivity index (χ1n) is 8.76. The van der Waals surface area contributed by atoms with Gasteiger partial charge in [0, 0.05) is 17.9 Å². The van der Waals surface area contributed by atoms with E-state index in [4.69, 9.17) is 16.5 Å². The highest BCUT2D eigenvalue weighted by Crippen LogP contribution is 2.34. The molecule has 3 aromatic heterocycles. The number of hydrogen-bond acceptors (Lipinski definition) is 5. The van der Waals surface area contributed by atoms with Gasteiger partial charge in [-0.1, -0.05) is 6.07 Å². The molecule has 1 aliphatic rings. The Labute approximate surface area is 164 Å². The van der Waals surface area contributed by atoms with E-state index in [2.05, 4.69) is 44.1 Å². The molecule has 4 N–H and O–H groups in total. The maximum atomic E-state index is 6.20. The Morgan fingerprint density at radius 2 is 2.00 bits per heavy atom. The van der Waals surface area contributed by atoms with Crippen molar-refractivity contribution in [1.82, 2.24) is 19.5 Å². The van der Waals surface area contributed by atoms with Gasteiger partial charge >= 0.3 is 0 Å². The van der Waals surface area contributed by atoms with E-state index in [1.807, 2.05) is 28.8 Å². The minimum atomic E-state index is 0.120. The number of anilines is 1. The van der Waals surface area contributed by atoms with Crippen LogP contribution in [0.2, 0.25) is 0 Å². The van der Waals surface area contributed by atoms with Crippen LogP contribution in [0.5, 0.6) is 0 Å². The molecule has 1 aromatic carbocycles. The van der Waals surface area contributed by atoms with E-state index in [0.717, 1.165) is 45.7 Å². The van der Waals surface area contributed by atoms with Gasteiger partial charge in [-0.25, -0.2) is 15.0 Å². The van der Waals surface area contributed by atoms with Crippen molar-refractivity contribution in [2.24, 2.45) is 5.73 Å². The standard InChI is InChI=1S/C20H17BrN6/c21-17-8-7-16-20(26-17)27(19(25-16)14-2-1-9-24-18(14)23)12-4-5-13-11(10-12)3-6-15(13)22/h1-2,4-5,7-10,15H,3,6,22H2,(H2,23,24). The van der Waals surface area contributed by atoms with Crippen molar-refractivity contribution in [3.05, 3.63) is 64.4 Å². The molecule has 0 radical (unpaired) electrons. The number of aromatic nitrogens is 4. The van der Waals surface area contributed by atoms with Gasteiger partial charge in [-0.15, -0.1) is 0 Å². The number of benzene rings is 1. The summed E-state index contributed by atoms with van der Waals surface area (Å²) in [5, 5.41) is 0. The molecule has 0 aliphatic heterocycles. The van der Waals surface area contributed by atoms with Gasteiger partial charge in [0.1, 0.15) is 15.9 Å². The number of hydrogen-bond donors (Lipinski definition) is 2. The van der Waals surface area contributed by atoms with E-state index < -0.39 is 0 Å². The van der Waals surface area contributed by atoms with E-state index in [-0.39, 0.29) is 6.04 Å². The van der Waals surface area contributed by atoms with Gasteiger partial charge in [0.25, 0.3) is 0 Å². The van der Waals surface area contributed by atoms with Crippen LogP contribution in [0.1, 0.15) is 23.6 Å².